The van der Waals surface area contributed by atoms with Crippen LogP contribution in [-0.4, -0.2) is 46.8 Å². The van der Waals surface area contributed by atoms with E-state index in [2.05, 4.69) is 14.9 Å². The van der Waals surface area contributed by atoms with Crippen molar-refractivity contribution in [2.45, 2.75) is 6.42 Å². The maximum absolute atomic E-state index is 11.2. The molecule has 1 aliphatic rings. The average molecular weight is 202 g/mol. The fourth-order valence-corrected chi connectivity index (χ4v) is 2.47. The van der Waals surface area contributed by atoms with Crippen LogP contribution in [0, 0.1) is 0 Å². The third-order valence-electron chi connectivity index (χ3n) is 2.06. The summed E-state index contributed by atoms with van der Waals surface area (Å²) < 4.78 is 11.2. The molecule has 13 heavy (non-hydrogen) atoms. The van der Waals surface area contributed by atoms with Crippen molar-refractivity contribution in [1.82, 2.24) is 4.90 Å². The van der Waals surface area contributed by atoms with Crippen molar-refractivity contribution in [1.29, 1.82) is 0 Å². The Morgan fingerprint density at radius 3 is 3.08 bits per heavy atom. The highest BCUT2D eigenvalue weighted by atomic mass is 32.2. The van der Waals surface area contributed by atoms with Crippen molar-refractivity contribution in [3.63, 3.8) is 0 Å². The zero-order chi connectivity index (χ0) is 9.52. The van der Waals surface area contributed by atoms with Crippen molar-refractivity contribution < 1.29 is 4.21 Å². The lowest BCUT2D eigenvalue weighted by atomic mass is 10.4. The third kappa shape index (κ3) is 4.26. The normalized spacial score (nSPS) is 24.8. The molecule has 0 radical (unpaired) electrons. The smallest absolute Gasteiger partial charge is 0.0385 e. The summed E-state index contributed by atoms with van der Waals surface area (Å²) in [6, 6.07) is 0. The molecule has 1 atom stereocenters. The molecule has 0 amide bonds. The Kier molecular flexibility index (Phi) is 4.82. The van der Waals surface area contributed by atoms with Crippen LogP contribution in [0.2, 0.25) is 0 Å². The summed E-state index contributed by atoms with van der Waals surface area (Å²) in [4.78, 5) is 4.90. The van der Waals surface area contributed by atoms with Gasteiger partial charge >= 0.3 is 0 Å². The SMILES string of the molecule is [N-]=[N+]=NCCN1CCCS(=O)CC1. The van der Waals surface area contributed by atoms with Gasteiger partial charge in [-0.15, -0.1) is 0 Å². The minimum absolute atomic E-state index is 0.517. The van der Waals surface area contributed by atoms with Crippen LogP contribution < -0.4 is 0 Å². The van der Waals surface area contributed by atoms with Gasteiger partial charge in [0.15, 0.2) is 0 Å². The van der Waals surface area contributed by atoms with Crippen molar-refractivity contribution in [2.75, 3.05) is 37.7 Å². The van der Waals surface area contributed by atoms with E-state index in [9.17, 15) is 4.21 Å². The fraction of sp³-hybridized carbons (Fsp3) is 1.00. The van der Waals surface area contributed by atoms with Crippen LogP contribution in [0.1, 0.15) is 6.42 Å². The quantitative estimate of drug-likeness (QED) is 0.385. The minimum Gasteiger partial charge on any atom is -0.302 e. The first-order valence-electron chi connectivity index (χ1n) is 4.41. The highest BCUT2D eigenvalue weighted by molar-refractivity contribution is 7.85. The van der Waals surface area contributed by atoms with E-state index in [1.165, 1.54) is 0 Å². The molecule has 1 unspecified atom stereocenters. The third-order valence-corrected chi connectivity index (χ3v) is 3.44. The van der Waals surface area contributed by atoms with Gasteiger partial charge in [0.25, 0.3) is 0 Å². The second kappa shape index (κ2) is 5.96. The number of hydrogen-bond acceptors (Lipinski definition) is 3. The summed E-state index contributed by atoms with van der Waals surface area (Å²) in [5.74, 6) is 1.58. The van der Waals surface area contributed by atoms with Crippen LogP contribution in [0.25, 0.3) is 10.4 Å². The molecule has 0 aromatic carbocycles. The molecule has 1 saturated heterocycles. The van der Waals surface area contributed by atoms with Crippen LogP contribution in [0.4, 0.5) is 0 Å². The van der Waals surface area contributed by atoms with E-state index in [0.29, 0.717) is 6.54 Å². The highest BCUT2D eigenvalue weighted by Gasteiger charge is 2.11. The van der Waals surface area contributed by atoms with Gasteiger partial charge in [0, 0.05) is 46.9 Å². The molecule has 0 aliphatic carbocycles. The molecule has 1 heterocycles. The van der Waals surface area contributed by atoms with Gasteiger partial charge < -0.3 is 4.90 Å². The maximum atomic E-state index is 11.2. The van der Waals surface area contributed by atoms with E-state index in [4.69, 9.17) is 5.53 Å². The second-order valence-corrected chi connectivity index (χ2v) is 4.69. The van der Waals surface area contributed by atoms with Gasteiger partial charge in [-0.1, -0.05) is 5.11 Å². The van der Waals surface area contributed by atoms with E-state index >= 15 is 0 Å². The van der Waals surface area contributed by atoms with Gasteiger partial charge in [0.2, 0.25) is 0 Å². The van der Waals surface area contributed by atoms with Gasteiger partial charge in [-0.3, -0.25) is 4.21 Å². The topological polar surface area (TPSA) is 69.1 Å². The van der Waals surface area contributed by atoms with Crippen molar-refractivity contribution in [2.24, 2.45) is 5.11 Å². The summed E-state index contributed by atoms with van der Waals surface area (Å²) >= 11 is 0. The average Bonchev–Trinajstić information content (AvgIpc) is 2.32. The largest absolute Gasteiger partial charge is 0.302 e. The number of hydrogen-bond donors (Lipinski definition) is 0. The summed E-state index contributed by atoms with van der Waals surface area (Å²) in [6.45, 7) is 3.16. The number of azide groups is 1. The Morgan fingerprint density at radius 1 is 1.46 bits per heavy atom. The van der Waals surface area contributed by atoms with Gasteiger partial charge in [0.05, 0.1) is 0 Å². The first-order chi connectivity index (χ1) is 6.33. The highest BCUT2D eigenvalue weighted by Crippen LogP contribution is 2.01. The lowest BCUT2D eigenvalue weighted by molar-refractivity contribution is 0.304. The van der Waals surface area contributed by atoms with Crippen LogP contribution in [0.3, 0.4) is 0 Å². The molecule has 0 saturated carbocycles. The van der Waals surface area contributed by atoms with Crippen molar-refractivity contribution >= 4 is 10.8 Å². The Labute approximate surface area is 80.2 Å². The predicted molar refractivity (Wildman–Crippen MR) is 52.9 cm³/mol. The monoisotopic (exact) mass is 202 g/mol. The van der Waals surface area contributed by atoms with Crippen molar-refractivity contribution in [3.8, 4) is 0 Å². The van der Waals surface area contributed by atoms with Crippen LogP contribution in [0.5, 0.6) is 0 Å². The molecule has 0 aromatic rings. The summed E-state index contributed by atoms with van der Waals surface area (Å²) in [7, 11) is -0.631. The molecule has 5 nitrogen and oxygen atoms in total. The van der Waals surface area contributed by atoms with Crippen LogP contribution in [0.15, 0.2) is 5.11 Å². The molecular weight excluding hydrogens is 188 g/mol. The lowest BCUT2D eigenvalue weighted by Crippen LogP contribution is -2.28. The molecule has 0 aromatic heterocycles. The fourth-order valence-electron chi connectivity index (χ4n) is 1.35. The van der Waals surface area contributed by atoms with Gasteiger partial charge in [0.1, 0.15) is 0 Å². The van der Waals surface area contributed by atoms with Crippen molar-refractivity contribution in [3.05, 3.63) is 10.4 Å². The zero-order valence-corrected chi connectivity index (χ0v) is 8.37. The minimum atomic E-state index is -0.631. The van der Waals surface area contributed by atoms with E-state index < -0.39 is 10.8 Å². The molecular formula is C7H14N4OS. The molecule has 1 aliphatic heterocycles. The Bertz CT molecular complexity index is 227. The zero-order valence-electron chi connectivity index (χ0n) is 7.56. The maximum Gasteiger partial charge on any atom is 0.0385 e. The number of nitrogens with zero attached hydrogens (tertiary/aromatic N) is 4. The number of rotatable bonds is 3. The molecule has 1 rings (SSSR count). The summed E-state index contributed by atoms with van der Waals surface area (Å²) in [6.07, 6.45) is 0.989. The molecule has 74 valence electrons. The van der Waals surface area contributed by atoms with E-state index in [-0.39, 0.29) is 0 Å². The lowest BCUT2D eigenvalue weighted by Gasteiger charge is -2.17. The molecule has 0 spiro atoms. The van der Waals surface area contributed by atoms with Crippen LogP contribution >= 0.6 is 0 Å². The predicted octanol–water partition coefficient (Wildman–Crippen LogP) is 0.751. The first kappa shape index (κ1) is 10.5. The second-order valence-electron chi connectivity index (χ2n) is 3.00. The van der Waals surface area contributed by atoms with E-state index in [1.807, 2.05) is 0 Å². The molecule has 0 N–H and O–H groups in total. The summed E-state index contributed by atoms with van der Waals surface area (Å²) in [5, 5.41) is 3.48. The van der Waals surface area contributed by atoms with Crippen LogP contribution in [-0.2, 0) is 10.8 Å². The Balaban J connectivity index is 2.25. The Morgan fingerprint density at radius 2 is 2.31 bits per heavy atom. The van der Waals surface area contributed by atoms with E-state index in [1.54, 1.807) is 0 Å². The molecule has 0 bridgehead atoms. The standard InChI is InChI=1S/C7H14N4OS/c8-10-9-2-4-11-3-1-6-13(12)7-5-11/h1-7H2. The first-order valence-corrected chi connectivity index (χ1v) is 5.90. The summed E-state index contributed by atoms with van der Waals surface area (Å²) in [5.41, 5.74) is 8.08. The Hall–Kier alpha value is -0.580. The molecule has 1 fully saturated rings. The molecule has 6 heteroatoms. The van der Waals surface area contributed by atoms with E-state index in [0.717, 1.165) is 37.6 Å². The van der Waals surface area contributed by atoms with Gasteiger partial charge in [-0.2, -0.15) is 0 Å². The van der Waals surface area contributed by atoms with Gasteiger partial charge in [-0.05, 0) is 18.5 Å². The van der Waals surface area contributed by atoms with Gasteiger partial charge in [-0.25, -0.2) is 0 Å².